The van der Waals surface area contributed by atoms with Gasteiger partial charge in [-0.15, -0.1) is 0 Å². The highest BCUT2D eigenvalue weighted by Gasteiger charge is 2.22. The molecule has 5 nitrogen and oxygen atoms in total. The topological polar surface area (TPSA) is 37.7 Å². The summed E-state index contributed by atoms with van der Waals surface area (Å²) in [5.41, 5.74) is 3.14. The number of nitrogens with zero attached hydrogens (tertiary/aromatic N) is 3. The normalized spacial score (nSPS) is 16.6. The van der Waals surface area contributed by atoms with Gasteiger partial charge in [-0.3, -0.25) is 4.90 Å². The van der Waals surface area contributed by atoms with Gasteiger partial charge in [0, 0.05) is 55.9 Å². The third-order valence-corrected chi connectivity index (χ3v) is 6.30. The predicted octanol–water partition coefficient (Wildman–Crippen LogP) is 4.20. The zero-order valence-corrected chi connectivity index (χ0v) is 18.0. The van der Waals surface area contributed by atoms with Crippen LogP contribution in [0.4, 0.5) is 0 Å². The summed E-state index contributed by atoms with van der Waals surface area (Å²) < 4.78 is 7.14. The van der Waals surface area contributed by atoms with Gasteiger partial charge in [-0.1, -0.05) is 48.5 Å². The van der Waals surface area contributed by atoms with Gasteiger partial charge in [0.25, 0.3) is 0 Å². The number of benzene rings is 2. The Labute approximate surface area is 178 Å². The van der Waals surface area contributed by atoms with Crippen molar-refractivity contribution in [3.8, 4) is 0 Å². The number of piperazine rings is 1. The summed E-state index contributed by atoms with van der Waals surface area (Å²) in [6.45, 7) is 8.71. The number of hydrogen-bond donors (Lipinski definition) is 0. The predicted molar refractivity (Wildman–Crippen MR) is 121 cm³/mol. The van der Waals surface area contributed by atoms with E-state index >= 15 is 0 Å². The maximum atomic E-state index is 12.1. The molecular formula is C25H31N3O2. The van der Waals surface area contributed by atoms with E-state index in [2.05, 4.69) is 57.7 Å². The number of carbonyl (C=O) groups is 1. The average Bonchev–Trinajstić information content (AvgIpc) is 3.18. The SMILES string of the molecule is COC(=O)c1cn(CCCN2CCN(C(C)c3ccccc3)CC2)c2ccccc12. The van der Waals surface area contributed by atoms with Crippen molar-refractivity contribution in [2.24, 2.45) is 0 Å². The van der Waals surface area contributed by atoms with E-state index in [0.29, 0.717) is 11.6 Å². The molecule has 0 saturated carbocycles. The number of esters is 1. The van der Waals surface area contributed by atoms with Crippen LogP contribution in [0, 0.1) is 0 Å². The zero-order valence-electron chi connectivity index (χ0n) is 18.0. The molecule has 0 spiro atoms. The van der Waals surface area contributed by atoms with Crippen LogP contribution >= 0.6 is 0 Å². The van der Waals surface area contributed by atoms with E-state index in [-0.39, 0.29) is 5.97 Å². The molecule has 1 saturated heterocycles. The Balaban J connectivity index is 1.30. The fourth-order valence-electron chi connectivity index (χ4n) is 4.49. The molecule has 1 aromatic heterocycles. The smallest absolute Gasteiger partial charge is 0.340 e. The first-order chi connectivity index (χ1) is 14.7. The van der Waals surface area contributed by atoms with Crippen molar-refractivity contribution in [3.63, 3.8) is 0 Å². The van der Waals surface area contributed by atoms with E-state index in [4.69, 9.17) is 4.74 Å². The third-order valence-electron chi connectivity index (χ3n) is 6.30. The third kappa shape index (κ3) is 4.42. The van der Waals surface area contributed by atoms with Gasteiger partial charge < -0.3 is 14.2 Å². The van der Waals surface area contributed by atoms with Crippen molar-refractivity contribution in [3.05, 3.63) is 71.9 Å². The maximum Gasteiger partial charge on any atom is 0.340 e. The average molecular weight is 406 g/mol. The minimum atomic E-state index is -0.270. The van der Waals surface area contributed by atoms with Crippen LogP contribution in [0.1, 0.15) is 35.3 Å². The summed E-state index contributed by atoms with van der Waals surface area (Å²) in [5, 5.41) is 0.966. The summed E-state index contributed by atoms with van der Waals surface area (Å²) >= 11 is 0. The molecule has 4 rings (SSSR count). The van der Waals surface area contributed by atoms with Gasteiger partial charge >= 0.3 is 5.97 Å². The van der Waals surface area contributed by atoms with Gasteiger partial charge in [0.1, 0.15) is 0 Å². The van der Waals surface area contributed by atoms with Gasteiger partial charge in [0.15, 0.2) is 0 Å². The summed E-state index contributed by atoms with van der Waals surface area (Å²) in [4.78, 5) is 17.2. The quantitative estimate of drug-likeness (QED) is 0.552. The molecule has 0 amide bonds. The number of aromatic nitrogens is 1. The lowest BCUT2D eigenvalue weighted by molar-refractivity contribution is 0.0602. The molecule has 1 aliphatic heterocycles. The molecule has 1 unspecified atom stereocenters. The van der Waals surface area contributed by atoms with Crippen molar-refractivity contribution >= 4 is 16.9 Å². The molecule has 3 aromatic rings. The molecule has 0 N–H and O–H groups in total. The van der Waals surface area contributed by atoms with Crippen molar-refractivity contribution in [2.45, 2.75) is 25.9 Å². The van der Waals surface area contributed by atoms with Gasteiger partial charge in [0.05, 0.1) is 12.7 Å². The first-order valence-corrected chi connectivity index (χ1v) is 10.8. The molecule has 2 heterocycles. The second kappa shape index (κ2) is 9.45. The van der Waals surface area contributed by atoms with Crippen molar-refractivity contribution in [1.82, 2.24) is 14.4 Å². The van der Waals surface area contributed by atoms with Crippen LogP contribution in [0.2, 0.25) is 0 Å². The van der Waals surface area contributed by atoms with Crippen LogP contribution in [-0.4, -0.2) is 60.2 Å². The molecule has 1 atom stereocenters. The number of fused-ring (bicyclic) bond motifs is 1. The molecular weight excluding hydrogens is 374 g/mol. The number of carbonyl (C=O) groups excluding carboxylic acids is 1. The Kier molecular flexibility index (Phi) is 6.50. The number of rotatable bonds is 7. The molecule has 1 fully saturated rings. The monoisotopic (exact) mass is 405 g/mol. The highest BCUT2D eigenvalue weighted by molar-refractivity contribution is 6.04. The second-order valence-corrected chi connectivity index (χ2v) is 8.06. The zero-order chi connectivity index (χ0) is 20.9. The van der Waals surface area contributed by atoms with E-state index in [1.165, 1.54) is 12.7 Å². The van der Waals surface area contributed by atoms with Crippen molar-refractivity contribution < 1.29 is 9.53 Å². The molecule has 2 aromatic carbocycles. The molecule has 30 heavy (non-hydrogen) atoms. The highest BCUT2D eigenvalue weighted by Crippen LogP contribution is 2.23. The van der Waals surface area contributed by atoms with Crippen LogP contribution in [0.25, 0.3) is 10.9 Å². The van der Waals surface area contributed by atoms with Crippen LogP contribution in [-0.2, 0) is 11.3 Å². The fourth-order valence-corrected chi connectivity index (χ4v) is 4.49. The van der Waals surface area contributed by atoms with E-state index in [9.17, 15) is 4.79 Å². The number of para-hydroxylation sites is 1. The van der Waals surface area contributed by atoms with E-state index in [1.807, 2.05) is 24.4 Å². The van der Waals surface area contributed by atoms with E-state index in [1.54, 1.807) is 0 Å². The molecule has 158 valence electrons. The highest BCUT2D eigenvalue weighted by atomic mass is 16.5. The largest absolute Gasteiger partial charge is 0.465 e. The van der Waals surface area contributed by atoms with Crippen molar-refractivity contribution in [1.29, 1.82) is 0 Å². The molecule has 0 bridgehead atoms. The summed E-state index contributed by atoms with van der Waals surface area (Å²) in [6.07, 6.45) is 3.00. The van der Waals surface area contributed by atoms with Gasteiger partial charge in [-0.2, -0.15) is 0 Å². The van der Waals surface area contributed by atoms with Crippen LogP contribution in [0.3, 0.4) is 0 Å². The molecule has 0 radical (unpaired) electrons. The molecule has 0 aliphatic carbocycles. The first kappa shape index (κ1) is 20.6. The summed E-state index contributed by atoms with van der Waals surface area (Å²) in [6, 6.07) is 19.3. The molecule has 1 aliphatic rings. The lowest BCUT2D eigenvalue weighted by Gasteiger charge is -2.38. The maximum absolute atomic E-state index is 12.1. The van der Waals surface area contributed by atoms with Crippen LogP contribution < -0.4 is 0 Å². The van der Waals surface area contributed by atoms with Gasteiger partial charge in [0.2, 0.25) is 0 Å². The van der Waals surface area contributed by atoms with Crippen LogP contribution in [0.5, 0.6) is 0 Å². The standard InChI is InChI=1S/C25H31N3O2/c1-20(21-9-4-3-5-10-21)27-17-15-26(16-18-27)13-8-14-28-19-23(25(29)30-2)22-11-6-7-12-24(22)28/h3-7,9-12,19-20H,8,13-18H2,1-2H3. The fraction of sp³-hybridized carbons (Fsp3) is 0.400. The Morgan fingerprint density at radius 2 is 1.67 bits per heavy atom. The number of ether oxygens (including phenoxy) is 1. The van der Waals surface area contributed by atoms with Gasteiger partial charge in [-0.05, 0) is 31.5 Å². The Hall–Kier alpha value is -2.63. The lowest BCUT2D eigenvalue weighted by Crippen LogP contribution is -2.47. The Morgan fingerprint density at radius 3 is 2.40 bits per heavy atom. The summed E-state index contributed by atoms with van der Waals surface area (Å²) in [7, 11) is 1.44. The first-order valence-electron chi connectivity index (χ1n) is 10.8. The summed E-state index contributed by atoms with van der Waals surface area (Å²) in [5.74, 6) is -0.270. The lowest BCUT2D eigenvalue weighted by atomic mass is 10.1. The molecule has 5 heteroatoms. The second-order valence-electron chi connectivity index (χ2n) is 8.06. The van der Waals surface area contributed by atoms with E-state index < -0.39 is 0 Å². The number of aryl methyl sites for hydroxylation is 1. The minimum Gasteiger partial charge on any atom is -0.465 e. The van der Waals surface area contributed by atoms with E-state index in [0.717, 1.165) is 56.6 Å². The Morgan fingerprint density at radius 1 is 0.967 bits per heavy atom. The minimum absolute atomic E-state index is 0.270. The van der Waals surface area contributed by atoms with Crippen molar-refractivity contribution in [2.75, 3.05) is 39.8 Å². The number of methoxy groups -OCH3 is 1. The number of hydrogen-bond acceptors (Lipinski definition) is 4. The van der Waals surface area contributed by atoms with Crippen LogP contribution in [0.15, 0.2) is 60.8 Å². The Bertz CT molecular complexity index is 974. The van der Waals surface area contributed by atoms with Gasteiger partial charge in [-0.25, -0.2) is 4.79 Å².